The minimum atomic E-state index is -1.88. The largest absolute Gasteiger partial charge is 4.00 e. The summed E-state index contributed by atoms with van der Waals surface area (Å²) in [5, 5.41) is 3.17. The maximum Gasteiger partial charge on any atom is 4.00 e. The van der Waals surface area contributed by atoms with E-state index >= 15 is 0 Å². The van der Waals surface area contributed by atoms with Crippen LogP contribution in [0.25, 0.3) is 0 Å². The zero-order valence-corrected chi connectivity index (χ0v) is 20.4. The van der Waals surface area contributed by atoms with Crippen LogP contribution < -0.4 is 10.4 Å². The van der Waals surface area contributed by atoms with Crippen molar-refractivity contribution in [1.29, 1.82) is 0 Å². The number of rotatable bonds is 4. The minimum absolute atomic E-state index is 0. The average Bonchev–Trinajstić information content (AvgIpc) is 3.18. The van der Waals surface area contributed by atoms with Crippen molar-refractivity contribution in [3.63, 3.8) is 0 Å². The Morgan fingerprint density at radius 2 is 1.12 bits per heavy atom. The Morgan fingerprint density at radius 3 is 1.54 bits per heavy atom. The van der Waals surface area contributed by atoms with E-state index in [1.54, 1.807) is 32.6 Å². The van der Waals surface area contributed by atoms with Crippen LogP contribution >= 0.6 is 0 Å². The van der Waals surface area contributed by atoms with E-state index in [1.807, 2.05) is 0 Å². The third-order valence-electron chi connectivity index (χ3n) is 6.38. The molecule has 26 heavy (non-hydrogen) atoms. The molecule has 0 aromatic heterocycles. The summed E-state index contributed by atoms with van der Waals surface area (Å²) in [5.74, 6) is 0. The van der Waals surface area contributed by atoms with Crippen LogP contribution in [0.1, 0.15) is 50.8 Å². The zero-order valence-electron chi connectivity index (χ0n) is 18.9. The molecule has 0 N–H and O–H groups in total. The number of hydrogen-bond acceptors (Lipinski definition) is 1. The summed E-state index contributed by atoms with van der Waals surface area (Å²) in [7, 11) is -3.76. The van der Waals surface area contributed by atoms with Crippen molar-refractivity contribution >= 4 is 27.0 Å². The number of fused-ring (bicyclic) bond motifs is 2. The van der Waals surface area contributed by atoms with Crippen molar-refractivity contribution in [2.45, 2.75) is 77.6 Å². The summed E-state index contributed by atoms with van der Waals surface area (Å²) in [6, 6.07) is 9.60. The van der Waals surface area contributed by atoms with Gasteiger partial charge in [-0.15, -0.1) is 10.4 Å². The SMILES string of the molecule is C[Si](C)(O[Si](C)(C)[c-]1ccc2c1CCCC2)[c-]1ccc2c1CCCC2.[H-].[H-].[Ti+4]. The fraction of sp³-hybridized carbons (Fsp3) is 0.545. The van der Waals surface area contributed by atoms with Crippen LogP contribution in [-0.4, -0.2) is 16.6 Å². The van der Waals surface area contributed by atoms with Gasteiger partial charge in [-0.3, -0.25) is 0 Å². The van der Waals surface area contributed by atoms with Crippen molar-refractivity contribution in [3.8, 4) is 0 Å². The molecule has 0 amide bonds. The first-order valence-corrected chi connectivity index (χ1v) is 16.0. The predicted octanol–water partition coefficient (Wildman–Crippen LogP) is 4.65. The van der Waals surface area contributed by atoms with Crippen LogP contribution in [-0.2, 0) is 51.5 Å². The van der Waals surface area contributed by atoms with Gasteiger partial charge in [-0.2, -0.15) is 34.4 Å². The smallest absolute Gasteiger partial charge is 1.00 e. The molecule has 0 heterocycles. The molecular formula is C22H34OSi2Ti. The van der Waals surface area contributed by atoms with Crippen LogP contribution in [0.5, 0.6) is 0 Å². The first-order valence-electron chi connectivity index (χ1n) is 10.1. The molecule has 1 nitrogen and oxygen atoms in total. The molecule has 0 unspecified atom stereocenters. The van der Waals surface area contributed by atoms with E-state index < -0.39 is 16.6 Å². The van der Waals surface area contributed by atoms with Gasteiger partial charge in [0.25, 0.3) is 0 Å². The standard InChI is InChI=1S/C22H32OSi2.Ti.2H/c1-24(2,21-15-13-17-9-5-7-11-19(17)21)23-25(3,4)22-16-14-18-10-6-8-12-20(18)22;;;/h13-16H,5-12H2,1-4H3;;;/q-2;+4;2*-1. The van der Waals surface area contributed by atoms with Gasteiger partial charge in [-0.05, 0) is 0 Å². The topological polar surface area (TPSA) is 9.23 Å². The molecule has 0 spiro atoms. The molecule has 2 aliphatic rings. The summed E-state index contributed by atoms with van der Waals surface area (Å²) in [6.45, 7) is 9.73. The molecule has 140 valence electrons. The van der Waals surface area contributed by atoms with Gasteiger partial charge in [0.2, 0.25) is 0 Å². The van der Waals surface area contributed by atoms with Gasteiger partial charge in [-0.25, -0.2) is 12.1 Å². The van der Waals surface area contributed by atoms with Crippen molar-refractivity contribution in [2.24, 2.45) is 0 Å². The second kappa shape index (κ2) is 7.67. The molecule has 0 bridgehead atoms. The second-order valence-electron chi connectivity index (χ2n) is 9.04. The van der Waals surface area contributed by atoms with Gasteiger partial charge in [0, 0.05) is 0 Å². The van der Waals surface area contributed by atoms with Crippen LogP contribution in [0, 0.1) is 0 Å². The monoisotopic (exact) mass is 418 g/mol. The van der Waals surface area contributed by atoms with E-state index in [0.717, 1.165) is 0 Å². The summed E-state index contributed by atoms with van der Waals surface area (Å²) >= 11 is 0. The fourth-order valence-electron chi connectivity index (χ4n) is 5.29. The molecule has 0 aliphatic heterocycles. The van der Waals surface area contributed by atoms with Crippen LogP contribution in [0.15, 0.2) is 24.3 Å². The van der Waals surface area contributed by atoms with Gasteiger partial charge < -0.3 is 6.97 Å². The van der Waals surface area contributed by atoms with E-state index in [9.17, 15) is 0 Å². The summed E-state index contributed by atoms with van der Waals surface area (Å²) < 4.78 is 7.12. The number of hydrogen-bond donors (Lipinski definition) is 0. The Balaban J connectivity index is 0.00000131. The molecule has 0 fully saturated rings. The van der Waals surface area contributed by atoms with Crippen LogP contribution in [0.3, 0.4) is 0 Å². The van der Waals surface area contributed by atoms with Crippen molar-refractivity contribution in [2.75, 3.05) is 0 Å². The molecule has 2 aromatic rings. The molecule has 0 radical (unpaired) electrons. The van der Waals surface area contributed by atoms with Crippen molar-refractivity contribution in [3.05, 3.63) is 46.5 Å². The van der Waals surface area contributed by atoms with Crippen molar-refractivity contribution in [1.82, 2.24) is 0 Å². The Morgan fingerprint density at radius 1 is 0.731 bits per heavy atom. The summed E-state index contributed by atoms with van der Waals surface area (Å²) in [5.41, 5.74) is 6.51. The first kappa shape index (κ1) is 20.5. The molecule has 0 atom stereocenters. The van der Waals surface area contributed by atoms with Gasteiger partial charge in [0.15, 0.2) is 0 Å². The van der Waals surface area contributed by atoms with E-state index in [2.05, 4.69) is 50.5 Å². The third-order valence-corrected chi connectivity index (χ3v) is 14.0. The first-order chi connectivity index (χ1) is 11.9. The van der Waals surface area contributed by atoms with E-state index in [1.165, 1.54) is 51.4 Å². The van der Waals surface area contributed by atoms with Gasteiger partial charge in [-0.1, -0.05) is 77.6 Å². The maximum absolute atomic E-state index is 7.12. The Hall–Kier alpha value is -0.192. The molecule has 4 rings (SSSR count). The predicted molar refractivity (Wildman–Crippen MR) is 115 cm³/mol. The molecule has 4 heteroatoms. The summed E-state index contributed by atoms with van der Waals surface area (Å²) in [6.07, 6.45) is 10.5. The molecule has 0 saturated heterocycles. The molecular weight excluding hydrogens is 384 g/mol. The average molecular weight is 419 g/mol. The van der Waals surface area contributed by atoms with Gasteiger partial charge in [0.1, 0.15) is 16.6 Å². The Kier molecular flexibility index (Phi) is 6.06. The maximum atomic E-state index is 7.12. The van der Waals surface area contributed by atoms with Gasteiger partial charge >= 0.3 is 21.7 Å². The molecule has 0 saturated carbocycles. The second-order valence-corrected chi connectivity index (χ2v) is 17.0. The minimum Gasteiger partial charge on any atom is -1.00 e. The zero-order chi connectivity index (χ0) is 17.7. The van der Waals surface area contributed by atoms with Crippen molar-refractivity contribution < 1.29 is 28.7 Å². The Bertz CT molecular complexity index is 715. The quantitative estimate of drug-likeness (QED) is 0.519. The number of aryl methyl sites for hydroxylation is 2. The van der Waals surface area contributed by atoms with Gasteiger partial charge in [0.05, 0.1) is 0 Å². The van der Waals surface area contributed by atoms with E-state index in [0.29, 0.717) is 0 Å². The molecule has 2 aliphatic carbocycles. The fourth-order valence-corrected chi connectivity index (χ4v) is 14.3. The van der Waals surface area contributed by atoms with E-state index in [-0.39, 0.29) is 24.6 Å². The molecule has 2 aromatic carbocycles. The Labute approximate surface area is 179 Å². The van der Waals surface area contributed by atoms with Crippen LogP contribution in [0.4, 0.5) is 0 Å². The summed E-state index contributed by atoms with van der Waals surface area (Å²) in [4.78, 5) is 0. The van der Waals surface area contributed by atoms with Crippen LogP contribution in [0.2, 0.25) is 26.2 Å². The van der Waals surface area contributed by atoms with E-state index in [4.69, 9.17) is 4.12 Å². The third kappa shape index (κ3) is 3.71. The normalized spacial score (nSPS) is 17.4.